The van der Waals surface area contributed by atoms with Crippen molar-refractivity contribution < 1.29 is 14.4 Å². The molecule has 46 valence electrons. The Kier molecular flexibility index (Phi) is 2.39. The first-order valence-electron chi connectivity index (χ1n) is 1.86. The van der Waals surface area contributed by atoms with Gasteiger partial charge < -0.3 is 10.6 Å². The van der Waals surface area contributed by atoms with Gasteiger partial charge in [0.15, 0.2) is 0 Å². The van der Waals surface area contributed by atoms with Crippen LogP contribution in [-0.4, -0.2) is 12.0 Å². The van der Waals surface area contributed by atoms with Crippen LogP contribution in [0.15, 0.2) is 0 Å². The summed E-state index contributed by atoms with van der Waals surface area (Å²) in [6.45, 7) is 1.20. The summed E-state index contributed by atoms with van der Waals surface area (Å²) in [4.78, 5) is 23.4. The van der Waals surface area contributed by atoms with E-state index in [9.17, 15) is 9.59 Å². The number of carbonyl (C=O) groups is 2. The minimum Gasteiger partial charge on any atom is -0.333 e. The molecule has 0 aliphatic carbocycles. The normalized spacial score (nSPS) is 7.62. The molecule has 0 saturated carbocycles. The Bertz CT molecular complexity index is 97.1. The summed E-state index contributed by atoms with van der Waals surface area (Å²) in [5.41, 5.74) is 6.20. The third-order valence-corrected chi connectivity index (χ3v) is 0.295. The van der Waals surface area contributed by atoms with E-state index in [1.165, 1.54) is 6.92 Å². The molecule has 0 aliphatic heterocycles. The van der Waals surface area contributed by atoms with Crippen LogP contribution in [-0.2, 0) is 9.63 Å². The van der Waals surface area contributed by atoms with Gasteiger partial charge in [0.25, 0.3) is 0 Å². The number of primary amides is 1. The van der Waals surface area contributed by atoms with Crippen molar-refractivity contribution in [1.29, 1.82) is 0 Å². The predicted molar refractivity (Wildman–Crippen MR) is 24.5 cm³/mol. The third-order valence-electron chi connectivity index (χ3n) is 0.295. The van der Waals surface area contributed by atoms with Crippen LogP contribution in [0.5, 0.6) is 0 Å². The molecule has 0 aromatic heterocycles. The standard InChI is InChI=1S/C3H6N2O3/c1-2(6)5-8-3(4)7/h1H3,(H2,4,7)(H,5,6). The van der Waals surface area contributed by atoms with Gasteiger partial charge in [0.2, 0.25) is 5.91 Å². The van der Waals surface area contributed by atoms with Crippen molar-refractivity contribution in [2.45, 2.75) is 6.92 Å². The molecule has 0 aromatic rings. The van der Waals surface area contributed by atoms with Crippen LogP contribution in [0, 0.1) is 0 Å². The number of hydroxylamine groups is 1. The van der Waals surface area contributed by atoms with E-state index in [1.54, 1.807) is 5.48 Å². The number of carbonyl (C=O) groups excluding carboxylic acids is 2. The predicted octanol–water partition coefficient (Wildman–Crippen LogP) is -0.867. The summed E-state index contributed by atoms with van der Waals surface area (Å²) in [7, 11) is 0. The fourth-order valence-electron chi connectivity index (χ4n) is 0.122. The SMILES string of the molecule is CC(=O)NOC(N)=O. The topological polar surface area (TPSA) is 81.4 Å². The molecule has 0 rings (SSSR count). The lowest BCUT2D eigenvalue weighted by Gasteiger charge is -1.95. The van der Waals surface area contributed by atoms with E-state index < -0.39 is 12.0 Å². The van der Waals surface area contributed by atoms with E-state index >= 15 is 0 Å². The molecule has 8 heavy (non-hydrogen) atoms. The first-order valence-corrected chi connectivity index (χ1v) is 1.86. The second-order valence-electron chi connectivity index (χ2n) is 1.08. The first-order chi connectivity index (χ1) is 3.63. The highest BCUT2D eigenvalue weighted by atomic mass is 16.7. The molecule has 0 atom stereocenters. The fourth-order valence-corrected chi connectivity index (χ4v) is 0.122. The Morgan fingerprint density at radius 3 is 2.25 bits per heavy atom. The van der Waals surface area contributed by atoms with Gasteiger partial charge >= 0.3 is 6.09 Å². The lowest BCUT2D eigenvalue weighted by atomic mass is 10.8. The van der Waals surface area contributed by atoms with Gasteiger partial charge in [0, 0.05) is 6.92 Å². The van der Waals surface area contributed by atoms with Crippen LogP contribution >= 0.6 is 0 Å². The maximum absolute atomic E-state index is 9.90. The molecule has 3 N–H and O–H groups in total. The van der Waals surface area contributed by atoms with E-state index in [2.05, 4.69) is 10.6 Å². The molecule has 0 unspecified atom stereocenters. The van der Waals surface area contributed by atoms with Crippen molar-refractivity contribution in [1.82, 2.24) is 5.48 Å². The second kappa shape index (κ2) is 2.84. The van der Waals surface area contributed by atoms with E-state index in [4.69, 9.17) is 0 Å². The quantitative estimate of drug-likeness (QED) is 0.406. The molecule has 0 fully saturated rings. The molecule has 0 saturated heterocycles. The number of hydrogen-bond donors (Lipinski definition) is 2. The molecule has 0 heterocycles. The number of hydrogen-bond acceptors (Lipinski definition) is 3. The maximum atomic E-state index is 9.90. The lowest BCUT2D eigenvalue weighted by molar-refractivity contribution is -0.127. The Balaban J connectivity index is 3.18. The summed E-state index contributed by atoms with van der Waals surface area (Å²) in [5.74, 6) is -0.469. The summed E-state index contributed by atoms with van der Waals surface area (Å²) < 4.78 is 0. The van der Waals surface area contributed by atoms with Gasteiger partial charge in [-0.1, -0.05) is 0 Å². The average Bonchev–Trinajstić information content (AvgIpc) is 1.61. The zero-order valence-electron chi connectivity index (χ0n) is 4.30. The average molecular weight is 118 g/mol. The summed E-state index contributed by atoms with van der Waals surface area (Å²) in [5, 5.41) is 0. The molecule has 5 heteroatoms. The monoisotopic (exact) mass is 118 g/mol. The fraction of sp³-hybridized carbons (Fsp3) is 0.333. The van der Waals surface area contributed by atoms with Gasteiger partial charge in [-0.2, -0.15) is 5.48 Å². The highest BCUT2D eigenvalue weighted by Crippen LogP contribution is 1.63. The Hall–Kier alpha value is -1.26. The molecular weight excluding hydrogens is 112 g/mol. The van der Waals surface area contributed by atoms with Crippen LogP contribution in [0.4, 0.5) is 4.79 Å². The van der Waals surface area contributed by atoms with Gasteiger partial charge in [-0.25, -0.2) is 4.79 Å². The van der Waals surface area contributed by atoms with Crippen molar-refractivity contribution >= 4 is 12.0 Å². The zero-order valence-corrected chi connectivity index (χ0v) is 4.30. The summed E-state index contributed by atoms with van der Waals surface area (Å²) in [6.07, 6.45) is -1.03. The molecular formula is C3H6N2O3. The number of nitrogens with one attached hydrogen (secondary N) is 1. The molecule has 2 amide bonds. The van der Waals surface area contributed by atoms with Crippen LogP contribution in [0.1, 0.15) is 6.92 Å². The van der Waals surface area contributed by atoms with E-state index in [0.717, 1.165) is 0 Å². The van der Waals surface area contributed by atoms with Crippen molar-refractivity contribution in [3.63, 3.8) is 0 Å². The largest absolute Gasteiger partial charge is 0.428 e. The van der Waals surface area contributed by atoms with Crippen molar-refractivity contribution in [3.8, 4) is 0 Å². The lowest BCUT2D eigenvalue weighted by Crippen LogP contribution is -2.27. The van der Waals surface area contributed by atoms with Crippen molar-refractivity contribution in [3.05, 3.63) is 0 Å². The molecule has 0 aromatic carbocycles. The van der Waals surface area contributed by atoms with Crippen LogP contribution in [0.2, 0.25) is 0 Å². The summed E-state index contributed by atoms with van der Waals surface area (Å²) in [6, 6.07) is 0. The van der Waals surface area contributed by atoms with Gasteiger partial charge in [0.05, 0.1) is 0 Å². The van der Waals surface area contributed by atoms with E-state index in [1.807, 2.05) is 0 Å². The Morgan fingerprint density at radius 2 is 2.12 bits per heavy atom. The number of rotatable bonds is 0. The van der Waals surface area contributed by atoms with Crippen molar-refractivity contribution in [2.24, 2.45) is 5.73 Å². The second-order valence-corrected chi connectivity index (χ2v) is 1.08. The minimum atomic E-state index is -1.03. The molecule has 0 spiro atoms. The van der Waals surface area contributed by atoms with Crippen molar-refractivity contribution in [2.75, 3.05) is 0 Å². The number of amides is 2. The molecule has 0 radical (unpaired) electrons. The van der Waals surface area contributed by atoms with E-state index in [0.29, 0.717) is 0 Å². The Morgan fingerprint density at radius 1 is 1.62 bits per heavy atom. The van der Waals surface area contributed by atoms with Gasteiger partial charge in [-0.05, 0) is 0 Å². The maximum Gasteiger partial charge on any atom is 0.428 e. The highest BCUT2D eigenvalue weighted by molar-refractivity contribution is 5.74. The van der Waals surface area contributed by atoms with Gasteiger partial charge in [0.1, 0.15) is 0 Å². The van der Waals surface area contributed by atoms with Crippen LogP contribution in [0.3, 0.4) is 0 Å². The minimum absolute atomic E-state index is 0.469. The molecule has 5 nitrogen and oxygen atoms in total. The summed E-state index contributed by atoms with van der Waals surface area (Å²) >= 11 is 0. The first kappa shape index (κ1) is 6.74. The van der Waals surface area contributed by atoms with Gasteiger partial charge in [-0.15, -0.1) is 0 Å². The third kappa shape index (κ3) is 4.74. The molecule has 0 bridgehead atoms. The molecule has 0 aliphatic rings. The zero-order chi connectivity index (χ0) is 6.57. The highest BCUT2D eigenvalue weighted by Gasteiger charge is 1.92. The number of nitrogens with two attached hydrogens (primary N) is 1. The van der Waals surface area contributed by atoms with Crippen LogP contribution in [0.25, 0.3) is 0 Å². The van der Waals surface area contributed by atoms with Crippen LogP contribution < -0.4 is 11.2 Å². The van der Waals surface area contributed by atoms with Gasteiger partial charge in [-0.3, -0.25) is 4.79 Å². The smallest absolute Gasteiger partial charge is 0.333 e. The Labute approximate surface area is 45.7 Å². The van der Waals surface area contributed by atoms with E-state index in [-0.39, 0.29) is 0 Å².